The van der Waals surface area contributed by atoms with Crippen molar-refractivity contribution in [2.45, 2.75) is 13.0 Å². The van der Waals surface area contributed by atoms with Crippen LogP contribution in [0.5, 0.6) is 0 Å². The van der Waals surface area contributed by atoms with Gasteiger partial charge in [0.15, 0.2) is 0 Å². The molecule has 0 fully saturated rings. The number of aromatic nitrogens is 2. The summed E-state index contributed by atoms with van der Waals surface area (Å²) in [5.41, 5.74) is 0.634. The molecule has 0 spiro atoms. The van der Waals surface area contributed by atoms with Crippen LogP contribution in [0.25, 0.3) is 0 Å². The minimum Gasteiger partial charge on any atom is -0.304 e. The fourth-order valence-electron chi connectivity index (χ4n) is 2.10. The molecule has 1 aliphatic rings. The molecule has 0 radical (unpaired) electrons. The number of rotatable bonds is 1. The molecule has 2 aromatic rings. The molecule has 6 heteroatoms. The number of benzene rings is 1. The SMILES string of the molecule is C[C@H]1C(=O)N(c2cc(Cl)cc(Cl)c2)c2nccn21. The second-order valence-electron chi connectivity index (χ2n) is 4.11. The topological polar surface area (TPSA) is 38.1 Å². The predicted molar refractivity (Wildman–Crippen MR) is 70.5 cm³/mol. The number of anilines is 2. The summed E-state index contributed by atoms with van der Waals surface area (Å²) in [6.07, 6.45) is 3.45. The highest BCUT2D eigenvalue weighted by Crippen LogP contribution is 2.37. The minimum absolute atomic E-state index is 0.0450. The van der Waals surface area contributed by atoms with Gasteiger partial charge in [-0.15, -0.1) is 0 Å². The molecule has 0 aliphatic carbocycles. The monoisotopic (exact) mass is 281 g/mol. The molecule has 0 bridgehead atoms. The van der Waals surface area contributed by atoms with Gasteiger partial charge in [-0.05, 0) is 25.1 Å². The van der Waals surface area contributed by atoms with E-state index in [1.54, 1.807) is 30.6 Å². The lowest BCUT2D eigenvalue weighted by Crippen LogP contribution is -2.23. The molecule has 1 aliphatic heterocycles. The van der Waals surface area contributed by atoms with Crippen LogP contribution in [0, 0.1) is 0 Å². The maximum absolute atomic E-state index is 12.2. The number of fused-ring (bicyclic) bond motifs is 1. The van der Waals surface area contributed by atoms with Crippen LogP contribution < -0.4 is 4.90 Å². The maximum atomic E-state index is 12.2. The normalized spacial score (nSPS) is 18.3. The Labute approximate surface area is 114 Å². The van der Waals surface area contributed by atoms with Crippen LogP contribution in [-0.2, 0) is 4.79 Å². The van der Waals surface area contributed by atoms with Crippen LogP contribution in [-0.4, -0.2) is 15.5 Å². The number of hydrogen-bond donors (Lipinski definition) is 0. The lowest BCUT2D eigenvalue weighted by molar-refractivity contribution is -0.119. The Morgan fingerprint density at radius 3 is 2.56 bits per heavy atom. The second kappa shape index (κ2) is 4.00. The minimum atomic E-state index is -0.264. The molecule has 0 unspecified atom stereocenters. The molecular weight excluding hydrogens is 273 g/mol. The van der Waals surface area contributed by atoms with Crippen molar-refractivity contribution in [3.05, 3.63) is 40.6 Å². The molecule has 92 valence electrons. The van der Waals surface area contributed by atoms with Crippen LogP contribution in [0.3, 0.4) is 0 Å². The number of nitrogens with zero attached hydrogens (tertiary/aromatic N) is 3. The standard InChI is InChI=1S/C12H9Cl2N3O/c1-7-11(18)17(12-15-2-3-16(7)12)10-5-8(13)4-9(14)6-10/h2-7H,1H3/t7-/m0/s1. The summed E-state index contributed by atoms with van der Waals surface area (Å²) in [4.78, 5) is 18.0. The van der Waals surface area contributed by atoms with Crippen molar-refractivity contribution in [3.8, 4) is 0 Å². The van der Waals surface area contributed by atoms with Crippen molar-refractivity contribution in [1.29, 1.82) is 0 Å². The third-order valence-corrected chi connectivity index (χ3v) is 3.39. The zero-order valence-electron chi connectivity index (χ0n) is 9.47. The molecule has 3 rings (SSSR count). The van der Waals surface area contributed by atoms with Gasteiger partial charge in [0.1, 0.15) is 6.04 Å². The lowest BCUT2D eigenvalue weighted by Gasteiger charge is -2.15. The van der Waals surface area contributed by atoms with E-state index in [1.165, 1.54) is 4.90 Å². The number of imidazole rings is 1. The summed E-state index contributed by atoms with van der Waals surface area (Å²) in [6, 6.07) is 4.76. The van der Waals surface area contributed by atoms with Crippen LogP contribution in [0.4, 0.5) is 11.6 Å². The Hall–Kier alpha value is -1.52. The summed E-state index contributed by atoms with van der Waals surface area (Å²) in [5, 5.41) is 0.978. The molecule has 0 saturated carbocycles. The van der Waals surface area contributed by atoms with Crippen LogP contribution in [0.2, 0.25) is 10.0 Å². The van der Waals surface area contributed by atoms with Crippen molar-refractivity contribution >= 4 is 40.7 Å². The molecule has 0 N–H and O–H groups in total. The summed E-state index contributed by atoms with van der Waals surface area (Å²) in [7, 11) is 0. The van der Waals surface area contributed by atoms with Crippen molar-refractivity contribution in [1.82, 2.24) is 9.55 Å². The van der Waals surface area contributed by atoms with Gasteiger partial charge in [-0.25, -0.2) is 9.88 Å². The molecule has 2 heterocycles. The third-order valence-electron chi connectivity index (χ3n) is 2.95. The number of carbonyl (C=O) groups excluding carboxylic acids is 1. The van der Waals surface area contributed by atoms with Gasteiger partial charge in [-0.1, -0.05) is 23.2 Å². The van der Waals surface area contributed by atoms with Gasteiger partial charge in [0, 0.05) is 22.4 Å². The van der Waals surface area contributed by atoms with Gasteiger partial charge < -0.3 is 4.57 Å². The van der Waals surface area contributed by atoms with Crippen molar-refractivity contribution < 1.29 is 4.79 Å². The summed E-state index contributed by atoms with van der Waals surface area (Å²) >= 11 is 11.9. The van der Waals surface area contributed by atoms with E-state index < -0.39 is 0 Å². The summed E-state index contributed by atoms with van der Waals surface area (Å²) in [5.74, 6) is 0.544. The first-order chi connectivity index (χ1) is 8.58. The van der Waals surface area contributed by atoms with Crippen LogP contribution in [0.15, 0.2) is 30.6 Å². The highest BCUT2D eigenvalue weighted by Gasteiger charge is 2.36. The molecule has 1 aromatic heterocycles. The molecule has 1 aromatic carbocycles. The quantitative estimate of drug-likeness (QED) is 0.803. The Bertz CT molecular complexity index is 618. The van der Waals surface area contributed by atoms with E-state index in [9.17, 15) is 4.79 Å². The number of hydrogen-bond acceptors (Lipinski definition) is 2. The first-order valence-electron chi connectivity index (χ1n) is 5.41. The van der Waals surface area contributed by atoms with Crippen molar-refractivity contribution in [2.75, 3.05) is 4.90 Å². The highest BCUT2D eigenvalue weighted by molar-refractivity contribution is 6.35. The van der Waals surface area contributed by atoms with Gasteiger partial charge in [0.25, 0.3) is 5.91 Å². The zero-order valence-corrected chi connectivity index (χ0v) is 11.0. The first kappa shape index (κ1) is 11.6. The molecular formula is C12H9Cl2N3O. The molecule has 0 saturated heterocycles. The summed E-state index contributed by atoms with van der Waals surface area (Å²) < 4.78 is 1.82. The number of carbonyl (C=O) groups is 1. The fourth-order valence-corrected chi connectivity index (χ4v) is 2.61. The maximum Gasteiger partial charge on any atom is 0.256 e. The Balaban J connectivity index is 2.15. The van der Waals surface area contributed by atoms with Gasteiger partial charge in [0.05, 0.1) is 5.69 Å². The van der Waals surface area contributed by atoms with E-state index in [2.05, 4.69) is 4.98 Å². The Morgan fingerprint density at radius 2 is 1.89 bits per heavy atom. The Morgan fingerprint density at radius 1 is 1.22 bits per heavy atom. The van der Waals surface area contributed by atoms with E-state index in [0.29, 0.717) is 21.7 Å². The Kier molecular flexibility index (Phi) is 2.57. The number of amides is 1. The van der Waals surface area contributed by atoms with Crippen LogP contribution >= 0.6 is 23.2 Å². The van der Waals surface area contributed by atoms with E-state index in [1.807, 2.05) is 11.5 Å². The van der Waals surface area contributed by atoms with Crippen LogP contribution in [0.1, 0.15) is 13.0 Å². The fraction of sp³-hybridized carbons (Fsp3) is 0.167. The second-order valence-corrected chi connectivity index (χ2v) is 4.98. The van der Waals surface area contributed by atoms with Crippen molar-refractivity contribution in [3.63, 3.8) is 0 Å². The molecule has 18 heavy (non-hydrogen) atoms. The van der Waals surface area contributed by atoms with Gasteiger partial charge >= 0.3 is 0 Å². The highest BCUT2D eigenvalue weighted by atomic mass is 35.5. The molecule has 1 atom stereocenters. The van der Waals surface area contributed by atoms with E-state index in [4.69, 9.17) is 23.2 Å². The van der Waals surface area contributed by atoms with Gasteiger partial charge in [0.2, 0.25) is 5.95 Å². The largest absolute Gasteiger partial charge is 0.304 e. The van der Waals surface area contributed by atoms with E-state index >= 15 is 0 Å². The van der Waals surface area contributed by atoms with E-state index in [0.717, 1.165) is 0 Å². The summed E-state index contributed by atoms with van der Waals surface area (Å²) in [6.45, 7) is 1.83. The van der Waals surface area contributed by atoms with Gasteiger partial charge in [-0.2, -0.15) is 0 Å². The molecule has 1 amide bonds. The van der Waals surface area contributed by atoms with Gasteiger partial charge in [-0.3, -0.25) is 4.79 Å². The average molecular weight is 282 g/mol. The van der Waals surface area contributed by atoms with Crippen molar-refractivity contribution in [2.24, 2.45) is 0 Å². The lowest BCUT2D eigenvalue weighted by atomic mass is 10.2. The zero-order chi connectivity index (χ0) is 12.9. The number of halogens is 2. The third kappa shape index (κ3) is 1.61. The van der Waals surface area contributed by atoms with E-state index in [-0.39, 0.29) is 11.9 Å². The predicted octanol–water partition coefficient (Wildman–Crippen LogP) is 3.43. The first-order valence-corrected chi connectivity index (χ1v) is 6.16. The average Bonchev–Trinajstić information content (AvgIpc) is 2.83. The smallest absolute Gasteiger partial charge is 0.256 e. The molecule has 4 nitrogen and oxygen atoms in total.